The first-order chi connectivity index (χ1) is 7.27. The van der Waals surface area contributed by atoms with Crippen LogP contribution in [0.4, 0.5) is 0 Å². The normalized spacial score (nSPS) is 12.8. The summed E-state index contributed by atoms with van der Waals surface area (Å²) >= 11 is 1.47. The Bertz CT molecular complexity index is 378. The first-order valence-corrected chi connectivity index (χ1v) is 5.49. The number of fused-ring (bicyclic) bond motifs is 1. The van der Waals surface area contributed by atoms with E-state index in [4.69, 9.17) is 14.6 Å². The summed E-state index contributed by atoms with van der Waals surface area (Å²) in [7, 11) is 0. The predicted molar refractivity (Wildman–Crippen MR) is 55.5 cm³/mol. The van der Waals surface area contributed by atoms with Crippen LogP contribution in [0.25, 0.3) is 0 Å². The van der Waals surface area contributed by atoms with Crippen LogP contribution in [0.1, 0.15) is 6.42 Å². The lowest BCUT2D eigenvalue weighted by molar-refractivity contribution is -0.136. The number of thioether (sulfide) groups is 1. The highest BCUT2D eigenvalue weighted by Crippen LogP contribution is 2.40. The quantitative estimate of drug-likeness (QED) is 0.795. The number of ether oxygens (including phenoxy) is 2. The van der Waals surface area contributed by atoms with Crippen LogP contribution in [0.2, 0.25) is 0 Å². The molecule has 1 aliphatic rings. The fourth-order valence-corrected chi connectivity index (χ4v) is 2.23. The van der Waals surface area contributed by atoms with Crippen molar-refractivity contribution in [3.05, 3.63) is 18.2 Å². The van der Waals surface area contributed by atoms with Gasteiger partial charge in [-0.2, -0.15) is 0 Å². The molecule has 2 rings (SSSR count). The van der Waals surface area contributed by atoms with Crippen LogP contribution in [0.3, 0.4) is 0 Å². The molecule has 0 fully saturated rings. The van der Waals surface area contributed by atoms with E-state index in [1.807, 2.05) is 18.2 Å². The van der Waals surface area contributed by atoms with Crippen LogP contribution >= 0.6 is 11.8 Å². The standard InChI is InChI=1S/C10H10O4S/c11-9(12)4-5-15-8-3-1-2-7-10(8)14-6-13-7/h1-3H,4-6H2,(H,11,12). The third-order valence-corrected chi connectivity index (χ3v) is 2.97. The van der Waals surface area contributed by atoms with E-state index in [-0.39, 0.29) is 13.2 Å². The van der Waals surface area contributed by atoms with E-state index < -0.39 is 5.97 Å². The van der Waals surface area contributed by atoms with E-state index in [1.165, 1.54) is 11.8 Å². The van der Waals surface area contributed by atoms with Gasteiger partial charge in [-0.1, -0.05) is 6.07 Å². The maximum atomic E-state index is 10.4. The lowest BCUT2D eigenvalue weighted by Gasteiger charge is -2.03. The van der Waals surface area contributed by atoms with Gasteiger partial charge in [-0.25, -0.2) is 0 Å². The fraction of sp³-hybridized carbons (Fsp3) is 0.300. The molecular weight excluding hydrogens is 216 g/mol. The van der Waals surface area contributed by atoms with Gasteiger partial charge in [0.1, 0.15) is 0 Å². The molecule has 0 amide bonds. The molecule has 15 heavy (non-hydrogen) atoms. The van der Waals surface area contributed by atoms with Crippen molar-refractivity contribution in [2.45, 2.75) is 11.3 Å². The van der Waals surface area contributed by atoms with Crippen molar-refractivity contribution >= 4 is 17.7 Å². The number of carboxylic acids is 1. The number of carbonyl (C=O) groups is 1. The van der Waals surface area contributed by atoms with Crippen molar-refractivity contribution in [3.63, 3.8) is 0 Å². The number of benzene rings is 1. The number of rotatable bonds is 4. The summed E-state index contributed by atoms with van der Waals surface area (Å²) < 4.78 is 10.5. The highest BCUT2D eigenvalue weighted by Gasteiger charge is 2.17. The summed E-state index contributed by atoms with van der Waals surface area (Å²) in [5.41, 5.74) is 0. The van der Waals surface area contributed by atoms with E-state index in [0.29, 0.717) is 5.75 Å². The van der Waals surface area contributed by atoms with E-state index >= 15 is 0 Å². The molecule has 0 atom stereocenters. The van der Waals surface area contributed by atoms with Gasteiger partial charge in [0.2, 0.25) is 6.79 Å². The lowest BCUT2D eigenvalue weighted by Crippen LogP contribution is -1.96. The lowest BCUT2D eigenvalue weighted by atomic mass is 10.3. The maximum Gasteiger partial charge on any atom is 0.304 e. The Kier molecular flexibility index (Phi) is 3.01. The van der Waals surface area contributed by atoms with Crippen LogP contribution in [-0.4, -0.2) is 23.6 Å². The molecule has 1 heterocycles. The molecule has 4 nitrogen and oxygen atoms in total. The molecule has 1 aliphatic heterocycles. The van der Waals surface area contributed by atoms with Gasteiger partial charge < -0.3 is 14.6 Å². The Balaban J connectivity index is 2.02. The summed E-state index contributed by atoms with van der Waals surface area (Å²) in [6, 6.07) is 5.61. The molecule has 0 spiro atoms. The summed E-state index contributed by atoms with van der Waals surface area (Å²) in [5.74, 6) is 1.21. The molecular formula is C10H10O4S. The van der Waals surface area contributed by atoms with Gasteiger partial charge in [0.25, 0.3) is 0 Å². The average Bonchev–Trinajstić information content (AvgIpc) is 2.65. The van der Waals surface area contributed by atoms with Gasteiger partial charge in [-0.3, -0.25) is 4.79 Å². The molecule has 1 N–H and O–H groups in total. The molecule has 1 aromatic rings. The van der Waals surface area contributed by atoms with Gasteiger partial charge in [-0.05, 0) is 12.1 Å². The number of aliphatic carboxylic acids is 1. The molecule has 0 aromatic heterocycles. The van der Waals surface area contributed by atoms with Gasteiger partial charge in [0.05, 0.1) is 11.3 Å². The van der Waals surface area contributed by atoms with E-state index in [1.54, 1.807) is 0 Å². The van der Waals surface area contributed by atoms with Crippen molar-refractivity contribution in [1.82, 2.24) is 0 Å². The second-order valence-electron chi connectivity index (χ2n) is 2.98. The second-order valence-corrected chi connectivity index (χ2v) is 4.12. The van der Waals surface area contributed by atoms with Gasteiger partial charge in [0.15, 0.2) is 11.5 Å². The minimum atomic E-state index is -0.785. The molecule has 80 valence electrons. The van der Waals surface area contributed by atoms with Crippen molar-refractivity contribution in [3.8, 4) is 11.5 Å². The fourth-order valence-electron chi connectivity index (χ4n) is 1.27. The minimum absolute atomic E-state index is 0.148. The van der Waals surface area contributed by atoms with Gasteiger partial charge in [-0.15, -0.1) is 11.8 Å². The molecule has 1 aromatic carbocycles. The molecule has 0 bridgehead atoms. The Morgan fingerprint density at radius 2 is 2.33 bits per heavy atom. The van der Waals surface area contributed by atoms with E-state index in [0.717, 1.165) is 16.4 Å². The number of hydrogen-bond donors (Lipinski definition) is 1. The average molecular weight is 226 g/mol. The zero-order chi connectivity index (χ0) is 10.7. The number of carboxylic acid groups (broad SMARTS) is 1. The molecule has 0 unspecified atom stereocenters. The predicted octanol–water partition coefficient (Wildman–Crippen LogP) is 1.98. The van der Waals surface area contributed by atoms with Crippen LogP contribution in [0, 0.1) is 0 Å². The first-order valence-electron chi connectivity index (χ1n) is 4.50. The Hall–Kier alpha value is -1.36. The Morgan fingerprint density at radius 1 is 1.47 bits per heavy atom. The van der Waals surface area contributed by atoms with Crippen molar-refractivity contribution < 1.29 is 19.4 Å². The van der Waals surface area contributed by atoms with Crippen molar-refractivity contribution in [2.24, 2.45) is 0 Å². The van der Waals surface area contributed by atoms with Crippen LogP contribution in [-0.2, 0) is 4.79 Å². The molecule has 0 saturated heterocycles. The van der Waals surface area contributed by atoms with Gasteiger partial charge in [0, 0.05) is 5.75 Å². The monoisotopic (exact) mass is 226 g/mol. The highest BCUT2D eigenvalue weighted by molar-refractivity contribution is 7.99. The number of hydrogen-bond acceptors (Lipinski definition) is 4. The zero-order valence-electron chi connectivity index (χ0n) is 7.93. The van der Waals surface area contributed by atoms with Crippen LogP contribution < -0.4 is 9.47 Å². The summed E-state index contributed by atoms with van der Waals surface area (Å²) in [4.78, 5) is 11.3. The molecule has 5 heteroatoms. The first kappa shape index (κ1) is 10.2. The van der Waals surface area contributed by atoms with Crippen LogP contribution in [0.5, 0.6) is 11.5 Å². The Morgan fingerprint density at radius 3 is 3.13 bits per heavy atom. The summed E-state index contributed by atoms with van der Waals surface area (Å²) in [6.45, 7) is 0.242. The SMILES string of the molecule is O=C(O)CCSc1cccc2c1OCO2. The van der Waals surface area contributed by atoms with Crippen molar-refractivity contribution in [2.75, 3.05) is 12.5 Å². The molecule has 0 saturated carbocycles. The number of para-hydroxylation sites is 1. The van der Waals surface area contributed by atoms with E-state index in [2.05, 4.69) is 0 Å². The maximum absolute atomic E-state index is 10.4. The minimum Gasteiger partial charge on any atom is -0.481 e. The second kappa shape index (κ2) is 4.44. The van der Waals surface area contributed by atoms with E-state index in [9.17, 15) is 4.79 Å². The molecule has 0 aliphatic carbocycles. The third-order valence-electron chi connectivity index (χ3n) is 1.93. The largest absolute Gasteiger partial charge is 0.481 e. The smallest absolute Gasteiger partial charge is 0.304 e. The Labute approximate surface area is 91.2 Å². The highest BCUT2D eigenvalue weighted by atomic mass is 32.2. The topological polar surface area (TPSA) is 55.8 Å². The van der Waals surface area contributed by atoms with Gasteiger partial charge >= 0.3 is 5.97 Å². The van der Waals surface area contributed by atoms with Crippen LogP contribution in [0.15, 0.2) is 23.1 Å². The summed E-state index contributed by atoms with van der Waals surface area (Å²) in [6.07, 6.45) is 0.148. The zero-order valence-corrected chi connectivity index (χ0v) is 8.75. The molecule has 0 radical (unpaired) electrons. The van der Waals surface area contributed by atoms with Crippen molar-refractivity contribution in [1.29, 1.82) is 0 Å². The third kappa shape index (κ3) is 2.36. The summed E-state index contributed by atoms with van der Waals surface area (Å²) in [5, 5.41) is 8.52.